The average Bonchev–Trinajstić information content (AvgIpc) is 2.55. The van der Waals surface area contributed by atoms with Gasteiger partial charge in [0.25, 0.3) is 5.69 Å². The summed E-state index contributed by atoms with van der Waals surface area (Å²) >= 11 is 2.98. The summed E-state index contributed by atoms with van der Waals surface area (Å²) in [6, 6.07) is 1.84. The topological polar surface area (TPSA) is 132 Å². The zero-order valence-electron chi connectivity index (χ0n) is 14.4. The quantitative estimate of drug-likeness (QED) is 0.520. The molecule has 152 valence electrons. The number of nitro groups is 1. The van der Waals surface area contributed by atoms with E-state index in [4.69, 9.17) is 11.5 Å². The monoisotopic (exact) mass is 464 g/mol. The number of hydrogen-bond donors (Lipinski definition) is 2. The SMILES string of the molecule is NC1=NC2(CCCCC2)N(c2cc(Br)c(OC(F)(F)F)cc2[N+](=O)[O-])C(N)=N1. The number of ether oxygens (including phenoxy) is 1. The Kier molecular flexibility index (Phi) is 5.12. The molecule has 0 aromatic heterocycles. The number of hydrogen-bond acceptors (Lipinski definition) is 8. The summed E-state index contributed by atoms with van der Waals surface area (Å²) in [7, 11) is 0. The molecule has 9 nitrogen and oxygen atoms in total. The predicted octanol–water partition coefficient (Wildman–Crippen LogP) is 3.37. The summed E-state index contributed by atoms with van der Waals surface area (Å²) in [5.41, 5.74) is 10.1. The van der Waals surface area contributed by atoms with Gasteiger partial charge in [-0.15, -0.1) is 13.2 Å². The van der Waals surface area contributed by atoms with Gasteiger partial charge < -0.3 is 16.2 Å². The van der Waals surface area contributed by atoms with Gasteiger partial charge in [-0.2, -0.15) is 4.99 Å². The second-order valence-electron chi connectivity index (χ2n) is 6.39. The summed E-state index contributed by atoms with van der Waals surface area (Å²) in [4.78, 5) is 20.5. The largest absolute Gasteiger partial charge is 0.573 e. The predicted molar refractivity (Wildman–Crippen MR) is 99.0 cm³/mol. The third-order valence-electron chi connectivity index (χ3n) is 4.54. The van der Waals surface area contributed by atoms with Gasteiger partial charge in [0.1, 0.15) is 11.4 Å². The van der Waals surface area contributed by atoms with Gasteiger partial charge in [-0.25, -0.2) is 4.99 Å². The minimum absolute atomic E-state index is 0.0469. The minimum Gasteiger partial charge on any atom is -0.404 e. The lowest BCUT2D eigenvalue weighted by Gasteiger charge is -2.45. The van der Waals surface area contributed by atoms with Crippen LogP contribution in [0, 0.1) is 10.1 Å². The number of alkyl halides is 3. The van der Waals surface area contributed by atoms with E-state index in [-0.39, 0.29) is 22.1 Å². The molecule has 1 fully saturated rings. The molecule has 1 spiro atoms. The second-order valence-corrected chi connectivity index (χ2v) is 7.25. The fraction of sp³-hybridized carbons (Fsp3) is 0.467. The highest BCUT2D eigenvalue weighted by Gasteiger charge is 2.45. The highest BCUT2D eigenvalue weighted by Crippen LogP contribution is 2.46. The molecule has 13 heteroatoms. The maximum absolute atomic E-state index is 12.6. The van der Waals surface area contributed by atoms with Gasteiger partial charge in [0, 0.05) is 0 Å². The van der Waals surface area contributed by atoms with Crippen LogP contribution >= 0.6 is 15.9 Å². The van der Waals surface area contributed by atoms with Crippen LogP contribution in [-0.4, -0.2) is 28.9 Å². The van der Waals surface area contributed by atoms with E-state index in [2.05, 4.69) is 30.7 Å². The van der Waals surface area contributed by atoms with Crippen molar-refractivity contribution in [2.24, 2.45) is 21.5 Å². The Labute approximate surface area is 165 Å². The van der Waals surface area contributed by atoms with Crippen LogP contribution in [0.1, 0.15) is 32.1 Å². The Hall–Kier alpha value is -2.57. The van der Waals surface area contributed by atoms with Gasteiger partial charge in [0.2, 0.25) is 11.9 Å². The van der Waals surface area contributed by atoms with E-state index in [0.29, 0.717) is 18.9 Å². The molecule has 0 atom stereocenters. The number of nitrogens with two attached hydrogens (primary N) is 2. The molecule has 2 aliphatic rings. The first-order valence-electron chi connectivity index (χ1n) is 8.26. The fourth-order valence-corrected chi connectivity index (χ4v) is 3.94. The molecule has 1 aliphatic heterocycles. The molecule has 28 heavy (non-hydrogen) atoms. The Balaban J connectivity index is 2.16. The van der Waals surface area contributed by atoms with Crippen LogP contribution in [0.3, 0.4) is 0 Å². The lowest BCUT2D eigenvalue weighted by molar-refractivity contribution is -0.384. The fourth-order valence-electron chi connectivity index (χ4n) is 3.53. The Bertz CT molecular complexity index is 867. The first kappa shape index (κ1) is 20.2. The maximum atomic E-state index is 12.6. The molecule has 1 aliphatic carbocycles. The summed E-state index contributed by atoms with van der Waals surface area (Å²) in [6.45, 7) is 0. The van der Waals surface area contributed by atoms with Crippen molar-refractivity contribution in [2.45, 2.75) is 44.1 Å². The van der Waals surface area contributed by atoms with Crippen LogP contribution in [0.25, 0.3) is 0 Å². The van der Waals surface area contributed by atoms with Crippen LogP contribution in [0.2, 0.25) is 0 Å². The van der Waals surface area contributed by atoms with Crippen LogP contribution in [0.5, 0.6) is 5.75 Å². The number of halogens is 4. The molecule has 0 unspecified atom stereocenters. The Morgan fingerprint density at radius 2 is 1.89 bits per heavy atom. The molecular weight excluding hydrogens is 449 g/mol. The van der Waals surface area contributed by atoms with Gasteiger partial charge in [0.05, 0.1) is 15.5 Å². The summed E-state index contributed by atoms with van der Waals surface area (Å²) < 4.78 is 41.6. The smallest absolute Gasteiger partial charge is 0.404 e. The van der Waals surface area contributed by atoms with Crippen molar-refractivity contribution < 1.29 is 22.8 Å². The van der Waals surface area contributed by atoms with Gasteiger partial charge in [-0.3, -0.25) is 15.0 Å². The Morgan fingerprint density at radius 3 is 2.46 bits per heavy atom. The second kappa shape index (κ2) is 7.11. The first-order valence-corrected chi connectivity index (χ1v) is 9.05. The lowest BCUT2D eigenvalue weighted by atomic mass is 9.87. The van der Waals surface area contributed by atoms with E-state index < -0.39 is 28.4 Å². The number of rotatable bonds is 3. The van der Waals surface area contributed by atoms with Crippen LogP contribution < -0.4 is 21.1 Å². The summed E-state index contributed by atoms with van der Waals surface area (Å²) in [5, 5.41) is 11.6. The van der Waals surface area contributed by atoms with E-state index in [9.17, 15) is 23.3 Å². The minimum atomic E-state index is -5.01. The Morgan fingerprint density at radius 1 is 1.25 bits per heavy atom. The van der Waals surface area contributed by atoms with Crippen LogP contribution in [0.4, 0.5) is 24.5 Å². The molecule has 0 saturated heterocycles. The lowest BCUT2D eigenvalue weighted by Crippen LogP contribution is -2.58. The highest BCUT2D eigenvalue weighted by molar-refractivity contribution is 9.10. The van der Waals surface area contributed by atoms with E-state index >= 15 is 0 Å². The number of benzene rings is 1. The van der Waals surface area contributed by atoms with E-state index in [0.717, 1.165) is 25.3 Å². The molecule has 1 saturated carbocycles. The van der Waals surface area contributed by atoms with E-state index in [1.54, 1.807) is 0 Å². The van der Waals surface area contributed by atoms with E-state index in [1.807, 2.05) is 0 Å². The number of guanidine groups is 2. The molecule has 0 radical (unpaired) electrons. The maximum Gasteiger partial charge on any atom is 0.573 e. The van der Waals surface area contributed by atoms with Gasteiger partial charge in [0.15, 0.2) is 5.75 Å². The highest BCUT2D eigenvalue weighted by atomic mass is 79.9. The summed E-state index contributed by atoms with van der Waals surface area (Å²) in [6.07, 6.45) is -1.46. The van der Waals surface area contributed by atoms with Crippen molar-refractivity contribution in [3.05, 3.63) is 26.7 Å². The van der Waals surface area contributed by atoms with Crippen LogP contribution in [0.15, 0.2) is 26.6 Å². The van der Waals surface area contributed by atoms with Crippen molar-refractivity contribution in [3.63, 3.8) is 0 Å². The first-order chi connectivity index (χ1) is 13.0. The number of anilines is 1. The molecule has 1 heterocycles. The zero-order valence-corrected chi connectivity index (χ0v) is 16.0. The molecule has 0 bridgehead atoms. The van der Waals surface area contributed by atoms with Crippen molar-refractivity contribution in [1.82, 2.24) is 0 Å². The number of nitro benzene ring substituents is 1. The average molecular weight is 465 g/mol. The normalized spacial score (nSPS) is 19.2. The summed E-state index contributed by atoms with van der Waals surface area (Å²) in [5.74, 6) is -0.903. The molecule has 4 N–H and O–H groups in total. The molecular formula is C15H16BrF3N6O3. The zero-order chi connectivity index (χ0) is 20.7. The standard InChI is InChI=1S/C15H16BrF3N6O3/c16-8-6-9(10(25(26)27)7-11(8)28-15(17,18)19)24-13(21)22-12(20)23-14(24)4-2-1-3-5-14/h6-7H,1-5H2,(H4,20,21,22,23). The molecule has 0 amide bonds. The van der Waals surface area contributed by atoms with Crippen molar-refractivity contribution >= 4 is 39.2 Å². The number of aliphatic imine (C=N–C) groups is 2. The molecule has 1 aromatic carbocycles. The van der Waals surface area contributed by atoms with Crippen molar-refractivity contribution in [3.8, 4) is 5.75 Å². The van der Waals surface area contributed by atoms with Crippen molar-refractivity contribution in [1.29, 1.82) is 0 Å². The van der Waals surface area contributed by atoms with Gasteiger partial charge in [-0.05, 0) is 47.7 Å². The third-order valence-corrected chi connectivity index (χ3v) is 5.16. The van der Waals surface area contributed by atoms with Crippen molar-refractivity contribution in [2.75, 3.05) is 4.90 Å². The molecule has 1 aromatic rings. The third kappa shape index (κ3) is 3.84. The van der Waals surface area contributed by atoms with Gasteiger partial charge in [-0.1, -0.05) is 6.42 Å². The molecule has 3 rings (SSSR count). The number of nitrogens with zero attached hydrogens (tertiary/aromatic N) is 4. The van der Waals surface area contributed by atoms with E-state index in [1.165, 1.54) is 4.90 Å². The van der Waals surface area contributed by atoms with Gasteiger partial charge >= 0.3 is 6.36 Å². The van der Waals surface area contributed by atoms with Crippen LogP contribution in [-0.2, 0) is 0 Å².